The molecular weight excluding hydrogens is 428 g/mol. The predicted octanol–water partition coefficient (Wildman–Crippen LogP) is 4.68. The largest absolute Gasteiger partial charge is 0.483 e. The first-order valence-electron chi connectivity index (χ1n) is 11.1. The van der Waals surface area contributed by atoms with Gasteiger partial charge in [0.05, 0.1) is 11.1 Å². The molecule has 2 atom stereocenters. The number of halogens is 1. The van der Waals surface area contributed by atoms with E-state index in [0.29, 0.717) is 22.9 Å². The number of likely N-dealkylation sites (tertiary alicyclic amines) is 1. The number of nitrogens with one attached hydrogen (secondary N) is 1. The third-order valence-corrected chi connectivity index (χ3v) is 5.90. The van der Waals surface area contributed by atoms with E-state index in [1.165, 1.54) is 0 Å². The Morgan fingerprint density at radius 1 is 1.12 bits per heavy atom. The molecule has 0 spiro atoms. The van der Waals surface area contributed by atoms with E-state index in [-0.39, 0.29) is 24.5 Å². The minimum absolute atomic E-state index is 0.00718. The molecule has 0 saturated carbocycles. The van der Waals surface area contributed by atoms with E-state index in [4.69, 9.17) is 21.1 Å². The van der Waals surface area contributed by atoms with Crippen molar-refractivity contribution in [2.75, 3.05) is 19.7 Å². The number of ether oxygens (including phenoxy) is 2. The van der Waals surface area contributed by atoms with Crippen molar-refractivity contribution in [2.45, 2.75) is 52.2 Å². The van der Waals surface area contributed by atoms with Crippen LogP contribution in [-0.2, 0) is 9.59 Å². The molecule has 2 unspecified atom stereocenters. The number of hydrogen-bond donors (Lipinski definition) is 1. The molecule has 1 N–H and O–H groups in total. The van der Waals surface area contributed by atoms with Crippen molar-refractivity contribution in [2.24, 2.45) is 0 Å². The fourth-order valence-corrected chi connectivity index (χ4v) is 3.89. The normalized spacial score (nSPS) is 15.2. The third kappa shape index (κ3) is 6.16. The Labute approximate surface area is 194 Å². The first-order valence-corrected chi connectivity index (χ1v) is 11.5. The Balaban J connectivity index is 1.65. The summed E-state index contributed by atoms with van der Waals surface area (Å²) in [7, 11) is 0. The molecular formula is C25H31ClN2O4. The highest BCUT2D eigenvalue weighted by Crippen LogP contribution is 2.29. The summed E-state index contributed by atoms with van der Waals surface area (Å²) < 4.78 is 11.7. The molecule has 2 amide bonds. The second kappa shape index (κ2) is 11.2. The minimum Gasteiger partial charge on any atom is -0.483 e. The molecule has 3 rings (SSSR count). The lowest BCUT2D eigenvalue weighted by molar-refractivity contribution is -0.132. The third-order valence-electron chi connectivity index (χ3n) is 5.59. The van der Waals surface area contributed by atoms with Gasteiger partial charge in [0.1, 0.15) is 11.5 Å². The number of aryl methyl sites for hydroxylation is 1. The topological polar surface area (TPSA) is 67.9 Å². The predicted molar refractivity (Wildman–Crippen MR) is 125 cm³/mol. The Kier molecular flexibility index (Phi) is 8.39. The summed E-state index contributed by atoms with van der Waals surface area (Å²) in [6, 6.07) is 12.7. The number of para-hydroxylation sites is 1. The van der Waals surface area contributed by atoms with E-state index in [0.717, 1.165) is 37.1 Å². The Hall–Kier alpha value is -2.73. The van der Waals surface area contributed by atoms with Crippen LogP contribution < -0.4 is 14.8 Å². The van der Waals surface area contributed by atoms with Gasteiger partial charge in [-0.15, -0.1) is 0 Å². The summed E-state index contributed by atoms with van der Waals surface area (Å²) in [5, 5.41) is 3.50. The first-order chi connectivity index (χ1) is 15.4. The number of benzene rings is 2. The highest BCUT2D eigenvalue weighted by Gasteiger charge is 2.23. The minimum atomic E-state index is -0.729. The lowest BCUT2D eigenvalue weighted by Crippen LogP contribution is -2.38. The van der Waals surface area contributed by atoms with Gasteiger partial charge < -0.3 is 19.7 Å². The highest BCUT2D eigenvalue weighted by atomic mass is 35.5. The van der Waals surface area contributed by atoms with Gasteiger partial charge in [0.15, 0.2) is 12.7 Å². The van der Waals surface area contributed by atoms with Crippen LogP contribution >= 0.6 is 11.6 Å². The summed E-state index contributed by atoms with van der Waals surface area (Å²) in [5.41, 5.74) is 1.83. The second-order valence-electron chi connectivity index (χ2n) is 8.08. The van der Waals surface area contributed by atoms with E-state index in [1.54, 1.807) is 13.0 Å². The van der Waals surface area contributed by atoms with Crippen LogP contribution in [0.3, 0.4) is 0 Å². The van der Waals surface area contributed by atoms with E-state index in [2.05, 4.69) is 5.32 Å². The van der Waals surface area contributed by atoms with Crippen molar-refractivity contribution in [3.05, 3.63) is 58.6 Å². The Morgan fingerprint density at radius 2 is 1.84 bits per heavy atom. The van der Waals surface area contributed by atoms with Crippen molar-refractivity contribution < 1.29 is 19.1 Å². The van der Waals surface area contributed by atoms with Crippen molar-refractivity contribution >= 4 is 23.4 Å². The molecule has 0 aromatic heterocycles. The van der Waals surface area contributed by atoms with E-state index in [1.807, 2.05) is 55.1 Å². The lowest BCUT2D eigenvalue weighted by atomic mass is 10.0. The van der Waals surface area contributed by atoms with Gasteiger partial charge in [-0.25, -0.2) is 0 Å². The number of hydrogen-bond acceptors (Lipinski definition) is 4. The standard InChI is InChI=1S/C25H31ClN2O4/c1-4-21(27-25(30)18(3)32-23-15-17(2)11-12-20(23)26)19-9-5-6-10-22(19)31-16-24(29)28-13-7-8-14-28/h5-6,9-12,15,18,21H,4,7-8,13-14,16H2,1-3H3,(H,27,30). The van der Waals surface area contributed by atoms with Gasteiger partial charge in [0, 0.05) is 18.7 Å². The summed E-state index contributed by atoms with van der Waals surface area (Å²) >= 11 is 6.20. The molecule has 7 heteroatoms. The van der Waals surface area contributed by atoms with E-state index in [9.17, 15) is 9.59 Å². The van der Waals surface area contributed by atoms with Crippen LogP contribution in [0.1, 0.15) is 50.3 Å². The molecule has 1 saturated heterocycles. The average molecular weight is 459 g/mol. The molecule has 2 aromatic rings. The quantitative estimate of drug-likeness (QED) is 0.592. The molecule has 1 heterocycles. The molecule has 2 aromatic carbocycles. The van der Waals surface area contributed by atoms with Crippen LogP contribution in [0.15, 0.2) is 42.5 Å². The lowest BCUT2D eigenvalue weighted by Gasteiger charge is -2.23. The number of nitrogens with zero attached hydrogens (tertiary/aromatic N) is 1. The zero-order chi connectivity index (χ0) is 23.1. The number of rotatable bonds is 9. The smallest absolute Gasteiger partial charge is 0.261 e. The molecule has 0 radical (unpaired) electrons. The second-order valence-corrected chi connectivity index (χ2v) is 8.48. The summed E-state index contributed by atoms with van der Waals surface area (Å²) in [6.07, 6.45) is 2.01. The molecule has 172 valence electrons. The molecule has 0 aliphatic carbocycles. The van der Waals surface area contributed by atoms with Gasteiger partial charge in [-0.3, -0.25) is 9.59 Å². The van der Waals surface area contributed by atoms with Crippen LogP contribution in [-0.4, -0.2) is 42.5 Å². The maximum absolute atomic E-state index is 12.9. The zero-order valence-electron chi connectivity index (χ0n) is 18.9. The van der Waals surface area contributed by atoms with E-state index < -0.39 is 6.10 Å². The number of carbonyl (C=O) groups excluding carboxylic acids is 2. The highest BCUT2D eigenvalue weighted by molar-refractivity contribution is 6.32. The van der Waals surface area contributed by atoms with Crippen molar-refractivity contribution in [1.29, 1.82) is 0 Å². The van der Waals surface area contributed by atoms with Crippen molar-refractivity contribution in [1.82, 2.24) is 10.2 Å². The van der Waals surface area contributed by atoms with Crippen molar-refractivity contribution in [3.63, 3.8) is 0 Å². The molecule has 6 nitrogen and oxygen atoms in total. The average Bonchev–Trinajstić information content (AvgIpc) is 3.33. The summed E-state index contributed by atoms with van der Waals surface area (Å²) in [5.74, 6) is 0.817. The van der Waals surface area contributed by atoms with Gasteiger partial charge in [0.25, 0.3) is 11.8 Å². The molecule has 1 fully saturated rings. The Bertz CT molecular complexity index is 943. The van der Waals surface area contributed by atoms with Gasteiger partial charge in [-0.1, -0.05) is 42.8 Å². The fraction of sp³-hybridized carbons (Fsp3) is 0.440. The maximum atomic E-state index is 12.9. The Morgan fingerprint density at radius 3 is 2.56 bits per heavy atom. The molecule has 1 aliphatic rings. The van der Waals surface area contributed by atoms with Crippen LogP contribution in [0.4, 0.5) is 0 Å². The maximum Gasteiger partial charge on any atom is 0.261 e. The van der Waals surface area contributed by atoms with Gasteiger partial charge >= 0.3 is 0 Å². The van der Waals surface area contributed by atoms with Crippen molar-refractivity contribution in [3.8, 4) is 11.5 Å². The monoisotopic (exact) mass is 458 g/mol. The zero-order valence-corrected chi connectivity index (χ0v) is 19.7. The summed E-state index contributed by atoms with van der Waals surface area (Å²) in [4.78, 5) is 27.1. The van der Waals surface area contributed by atoms with Crippen LogP contribution in [0.2, 0.25) is 5.02 Å². The first kappa shape index (κ1) is 23.9. The molecule has 32 heavy (non-hydrogen) atoms. The number of amides is 2. The van der Waals surface area contributed by atoms with Crippen LogP contribution in [0.5, 0.6) is 11.5 Å². The van der Waals surface area contributed by atoms with Gasteiger partial charge in [-0.2, -0.15) is 0 Å². The van der Waals surface area contributed by atoms with Crippen LogP contribution in [0, 0.1) is 6.92 Å². The molecule has 1 aliphatic heterocycles. The van der Waals surface area contributed by atoms with Crippen LogP contribution in [0.25, 0.3) is 0 Å². The fourth-order valence-electron chi connectivity index (χ4n) is 3.73. The van der Waals surface area contributed by atoms with Gasteiger partial charge in [-0.05, 0) is 56.9 Å². The molecule has 0 bridgehead atoms. The summed E-state index contributed by atoms with van der Waals surface area (Å²) in [6.45, 7) is 7.19. The number of carbonyl (C=O) groups is 2. The SMILES string of the molecule is CCC(NC(=O)C(C)Oc1cc(C)ccc1Cl)c1ccccc1OCC(=O)N1CCCC1. The van der Waals surface area contributed by atoms with Gasteiger partial charge in [0.2, 0.25) is 0 Å². The van der Waals surface area contributed by atoms with E-state index >= 15 is 0 Å².